The first-order valence-electron chi connectivity index (χ1n) is 3.98. The molecule has 2 heteroatoms. The molecule has 55 valence electrons. The zero-order chi connectivity index (χ0) is 7.28. The van der Waals surface area contributed by atoms with E-state index >= 15 is 0 Å². The van der Waals surface area contributed by atoms with Crippen molar-refractivity contribution in [3.8, 4) is 0 Å². The second-order valence-corrected chi connectivity index (χ2v) is 10.1. The second-order valence-electron chi connectivity index (χ2n) is 3.31. The van der Waals surface area contributed by atoms with Crippen molar-refractivity contribution in [3.63, 3.8) is 0 Å². The molecule has 0 aromatic heterocycles. The van der Waals surface area contributed by atoms with Crippen molar-refractivity contribution in [2.75, 3.05) is 0 Å². The lowest BCUT2D eigenvalue weighted by atomic mass is 10.6. The maximum absolute atomic E-state index is 2.49. The van der Waals surface area contributed by atoms with Crippen LogP contribution in [0.1, 0.15) is 13.3 Å². The van der Waals surface area contributed by atoms with Crippen LogP contribution >= 0.6 is 0 Å². The van der Waals surface area contributed by atoms with Crippen LogP contribution < -0.4 is 0 Å². The Morgan fingerprint density at radius 3 is 2.22 bits per heavy atom. The first kappa shape index (κ1) is 9.43. The molecule has 0 amide bonds. The molecule has 0 bridgehead atoms. The lowest BCUT2D eigenvalue weighted by molar-refractivity contribution is 1.06. The summed E-state index contributed by atoms with van der Waals surface area (Å²) in [5.74, 6) is 0. The summed E-state index contributed by atoms with van der Waals surface area (Å²) < 4.78 is 0. The second kappa shape index (κ2) is 5.24. The summed E-state index contributed by atoms with van der Waals surface area (Å²) in [7, 11) is -0.0931. The van der Waals surface area contributed by atoms with Gasteiger partial charge in [0, 0.05) is 17.6 Å². The fourth-order valence-corrected chi connectivity index (χ4v) is 8.47. The maximum Gasteiger partial charge on any atom is 0.0414 e. The van der Waals surface area contributed by atoms with E-state index in [0.717, 1.165) is 0 Å². The minimum atomic E-state index is -0.215. The van der Waals surface area contributed by atoms with Gasteiger partial charge in [0.25, 0.3) is 0 Å². The van der Waals surface area contributed by atoms with Crippen LogP contribution in [0.3, 0.4) is 0 Å². The minimum Gasteiger partial charge on any atom is -0.0724 e. The Kier molecular flexibility index (Phi) is 5.49. The average Bonchev–Trinajstić information content (AvgIpc) is 1.63. The SMILES string of the molecule is CCC[Si](C)C[SiH](C)C. The van der Waals surface area contributed by atoms with E-state index < -0.39 is 0 Å². The van der Waals surface area contributed by atoms with Crippen molar-refractivity contribution in [2.24, 2.45) is 0 Å². The molecular weight excluding hydrogens is 140 g/mol. The summed E-state index contributed by atoms with van der Waals surface area (Å²) >= 11 is 0. The van der Waals surface area contributed by atoms with Crippen LogP contribution in [0.5, 0.6) is 0 Å². The van der Waals surface area contributed by atoms with E-state index in [0.29, 0.717) is 0 Å². The number of rotatable bonds is 4. The van der Waals surface area contributed by atoms with Gasteiger partial charge < -0.3 is 0 Å². The zero-order valence-electron chi connectivity index (χ0n) is 7.20. The van der Waals surface area contributed by atoms with Gasteiger partial charge in [0.1, 0.15) is 0 Å². The molecule has 0 spiro atoms. The molecule has 0 nitrogen and oxygen atoms in total. The predicted molar refractivity (Wildman–Crippen MR) is 50.4 cm³/mol. The highest BCUT2D eigenvalue weighted by molar-refractivity contribution is 6.75. The monoisotopic (exact) mass is 159 g/mol. The Hall–Kier alpha value is 0.434. The predicted octanol–water partition coefficient (Wildman–Crippen LogP) is 2.55. The first-order chi connectivity index (χ1) is 4.16. The van der Waals surface area contributed by atoms with Crippen molar-refractivity contribution < 1.29 is 0 Å². The third kappa shape index (κ3) is 6.32. The van der Waals surface area contributed by atoms with Gasteiger partial charge in [-0.15, -0.1) is 0 Å². The molecule has 9 heavy (non-hydrogen) atoms. The van der Waals surface area contributed by atoms with E-state index in [1.165, 1.54) is 12.5 Å². The van der Waals surface area contributed by atoms with Gasteiger partial charge in [0.15, 0.2) is 0 Å². The molecule has 0 aromatic carbocycles. The highest BCUT2D eigenvalue weighted by atomic mass is 28.3. The van der Waals surface area contributed by atoms with Crippen LogP contribution in [0.15, 0.2) is 0 Å². The van der Waals surface area contributed by atoms with Gasteiger partial charge >= 0.3 is 0 Å². The Bertz CT molecular complexity index is 61.9. The van der Waals surface area contributed by atoms with Crippen LogP contribution in [0.2, 0.25) is 31.4 Å². The molecule has 0 unspecified atom stereocenters. The summed E-state index contributed by atoms with van der Waals surface area (Å²) in [5, 5.41) is 0. The van der Waals surface area contributed by atoms with Crippen molar-refractivity contribution >= 4 is 17.6 Å². The third-order valence-electron chi connectivity index (χ3n) is 1.43. The summed E-state index contributed by atoms with van der Waals surface area (Å²) in [4.78, 5) is 0. The van der Waals surface area contributed by atoms with Crippen molar-refractivity contribution in [3.05, 3.63) is 0 Å². The Labute approximate surface area is 62.9 Å². The van der Waals surface area contributed by atoms with Gasteiger partial charge in [-0.25, -0.2) is 0 Å². The van der Waals surface area contributed by atoms with E-state index in [4.69, 9.17) is 0 Å². The van der Waals surface area contributed by atoms with Crippen LogP contribution in [0, 0.1) is 0 Å². The van der Waals surface area contributed by atoms with E-state index in [2.05, 4.69) is 26.6 Å². The molecule has 0 aliphatic heterocycles. The maximum atomic E-state index is 2.49. The van der Waals surface area contributed by atoms with Crippen LogP contribution in [-0.4, -0.2) is 17.6 Å². The fourth-order valence-electron chi connectivity index (χ4n) is 1.23. The standard InChI is InChI=1S/C7H19Si2/c1-5-6-9(4)7-8(2)3/h8H,5-7H2,1-4H3. The molecule has 0 atom stereocenters. The first-order valence-corrected chi connectivity index (χ1v) is 9.52. The fraction of sp³-hybridized carbons (Fsp3) is 1.00. The molecule has 0 aromatic rings. The lowest BCUT2D eigenvalue weighted by Gasteiger charge is -2.08. The quantitative estimate of drug-likeness (QED) is 0.553. The van der Waals surface area contributed by atoms with Gasteiger partial charge in [-0.2, -0.15) is 0 Å². The van der Waals surface area contributed by atoms with E-state index in [1.54, 1.807) is 5.67 Å². The normalized spacial score (nSPS) is 11.3. The highest BCUT2D eigenvalue weighted by Crippen LogP contribution is 2.04. The van der Waals surface area contributed by atoms with Crippen LogP contribution in [0.25, 0.3) is 0 Å². The summed E-state index contributed by atoms with van der Waals surface area (Å²) in [5.41, 5.74) is 1.64. The minimum absolute atomic E-state index is 0.122. The van der Waals surface area contributed by atoms with Crippen molar-refractivity contribution in [1.82, 2.24) is 0 Å². The Morgan fingerprint density at radius 1 is 1.33 bits per heavy atom. The van der Waals surface area contributed by atoms with E-state index in [9.17, 15) is 0 Å². The molecule has 0 fully saturated rings. The molecule has 0 heterocycles. The topological polar surface area (TPSA) is 0 Å². The molecule has 0 saturated heterocycles. The molecule has 0 rings (SSSR count). The molecule has 0 aliphatic rings. The van der Waals surface area contributed by atoms with Gasteiger partial charge in [0.05, 0.1) is 0 Å². The van der Waals surface area contributed by atoms with E-state index in [1.807, 2.05) is 0 Å². The third-order valence-corrected chi connectivity index (χ3v) is 8.84. The molecule has 1 radical (unpaired) electrons. The number of hydrogen-bond acceptors (Lipinski definition) is 0. The van der Waals surface area contributed by atoms with Gasteiger partial charge in [-0.3, -0.25) is 0 Å². The van der Waals surface area contributed by atoms with Crippen molar-refractivity contribution in [2.45, 2.75) is 44.7 Å². The average molecular weight is 159 g/mol. The summed E-state index contributed by atoms with van der Waals surface area (Å²) in [6, 6.07) is 1.54. The van der Waals surface area contributed by atoms with Crippen LogP contribution in [0.4, 0.5) is 0 Å². The van der Waals surface area contributed by atoms with Gasteiger partial charge in [-0.1, -0.05) is 44.7 Å². The molecule has 0 saturated carbocycles. The van der Waals surface area contributed by atoms with Gasteiger partial charge in [-0.05, 0) is 0 Å². The van der Waals surface area contributed by atoms with Crippen molar-refractivity contribution in [1.29, 1.82) is 0 Å². The summed E-state index contributed by atoms with van der Waals surface area (Å²) in [6.07, 6.45) is 1.41. The number of hydrogen-bond donors (Lipinski definition) is 0. The summed E-state index contributed by atoms with van der Waals surface area (Å²) in [6.45, 7) is 9.71. The van der Waals surface area contributed by atoms with Gasteiger partial charge in [0.2, 0.25) is 0 Å². The highest BCUT2D eigenvalue weighted by Gasteiger charge is 2.05. The zero-order valence-corrected chi connectivity index (χ0v) is 9.35. The largest absolute Gasteiger partial charge is 0.0724 e. The lowest BCUT2D eigenvalue weighted by Crippen LogP contribution is -2.14. The Balaban J connectivity index is 3.15. The van der Waals surface area contributed by atoms with Crippen LogP contribution in [-0.2, 0) is 0 Å². The Morgan fingerprint density at radius 2 is 1.89 bits per heavy atom. The smallest absolute Gasteiger partial charge is 0.0414 e. The molecular formula is C7H19Si2. The molecule has 0 N–H and O–H groups in total. The van der Waals surface area contributed by atoms with E-state index in [-0.39, 0.29) is 17.6 Å². The molecule has 0 aliphatic carbocycles.